The second-order valence-electron chi connectivity index (χ2n) is 4.01. The second kappa shape index (κ2) is 7.91. The fourth-order valence-corrected chi connectivity index (χ4v) is 1.58. The van der Waals surface area contributed by atoms with E-state index < -0.39 is 11.8 Å². The van der Waals surface area contributed by atoms with E-state index in [9.17, 15) is 9.59 Å². The summed E-state index contributed by atoms with van der Waals surface area (Å²) in [6.45, 7) is 6.90. The molecule has 0 fully saturated rings. The van der Waals surface area contributed by atoms with E-state index in [-0.39, 0.29) is 11.4 Å². The number of nitrogens with zero attached hydrogens (tertiary/aromatic N) is 3. The average Bonchev–Trinajstić information content (AvgIpc) is 2.90. The Bertz CT molecular complexity index is 500. The van der Waals surface area contributed by atoms with E-state index in [2.05, 4.69) is 25.7 Å². The van der Waals surface area contributed by atoms with Crippen molar-refractivity contribution < 1.29 is 9.59 Å². The van der Waals surface area contributed by atoms with Gasteiger partial charge in [-0.25, -0.2) is 0 Å². The van der Waals surface area contributed by atoms with Crippen LogP contribution in [0.15, 0.2) is 6.20 Å². The van der Waals surface area contributed by atoms with Gasteiger partial charge in [-0.1, -0.05) is 13.8 Å². The number of aromatic amines is 1. The van der Waals surface area contributed by atoms with Crippen molar-refractivity contribution in [3.8, 4) is 6.07 Å². The highest BCUT2D eigenvalue weighted by Gasteiger charge is 2.16. The lowest BCUT2D eigenvalue weighted by molar-refractivity contribution is -0.136. The Kier molecular flexibility index (Phi) is 6.19. The van der Waals surface area contributed by atoms with Crippen LogP contribution in [0.3, 0.4) is 0 Å². The molecule has 8 nitrogen and oxygen atoms in total. The van der Waals surface area contributed by atoms with E-state index in [0.717, 1.165) is 13.1 Å². The number of hydrogen-bond donors (Lipinski definition) is 3. The third-order valence-electron chi connectivity index (χ3n) is 2.81. The van der Waals surface area contributed by atoms with E-state index in [1.54, 1.807) is 0 Å². The molecule has 0 saturated heterocycles. The minimum Gasteiger partial charge on any atom is -0.347 e. The minimum atomic E-state index is -0.828. The van der Waals surface area contributed by atoms with Crippen molar-refractivity contribution in [2.75, 3.05) is 31.5 Å². The van der Waals surface area contributed by atoms with E-state index in [0.29, 0.717) is 13.1 Å². The number of likely N-dealkylation sites (N-methyl/N-ethyl adjacent to an activating group) is 1. The maximum atomic E-state index is 11.6. The number of H-pyrrole nitrogens is 1. The molecule has 0 aliphatic rings. The van der Waals surface area contributed by atoms with Gasteiger partial charge in [-0.3, -0.25) is 14.7 Å². The number of rotatable bonds is 6. The van der Waals surface area contributed by atoms with Crippen molar-refractivity contribution in [2.24, 2.45) is 0 Å². The molecule has 0 aromatic carbocycles. The molecule has 0 saturated carbocycles. The molecular weight excluding hydrogens is 260 g/mol. The summed E-state index contributed by atoms with van der Waals surface area (Å²) in [6, 6.07) is 1.85. The number of aromatic nitrogens is 2. The number of amides is 2. The topological polar surface area (TPSA) is 114 Å². The Hall–Kier alpha value is -2.40. The molecule has 0 aliphatic carbocycles. The molecule has 1 aromatic rings. The molecular formula is C12H18N6O2. The van der Waals surface area contributed by atoms with Gasteiger partial charge in [-0.2, -0.15) is 10.4 Å². The summed E-state index contributed by atoms with van der Waals surface area (Å²) in [7, 11) is 0. The summed E-state index contributed by atoms with van der Waals surface area (Å²) >= 11 is 0. The highest BCUT2D eigenvalue weighted by atomic mass is 16.2. The smallest absolute Gasteiger partial charge is 0.314 e. The van der Waals surface area contributed by atoms with Gasteiger partial charge in [0.1, 0.15) is 17.5 Å². The van der Waals surface area contributed by atoms with Gasteiger partial charge in [-0.05, 0) is 13.1 Å². The number of hydrogen-bond acceptors (Lipinski definition) is 5. The van der Waals surface area contributed by atoms with Crippen LogP contribution in [-0.4, -0.2) is 53.1 Å². The van der Waals surface area contributed by atoms with Crippen LogP contribution in [0.4, 0.5) is 5.82 Å². The first-order valence-electron chi connectivity index (χ1n) is 6.37. The Morgan fingerprint density at radius 2 is 2.10 bits per heavy atom. The molecule has 1 rings (SSSR count). The summed E-state index contributed by atoms with van der Waals surface area (Å²) < 4.78 is 0. The summed E-state index contributed by atoms with van der Waals surface area (Å²) in [6.07, 6.45) is 1.27. The highest BCUT2D eigenvalue weighted by Crippen LogP contribution is 2.08. The lowest BCUT2D eigenvalue weighted by atomic mass is 10.3. The zero-order valence-corrected chi connectivity index (χ0v) is 11.6. The van der Waals surface area contributed by atoms with Crippen molar-refractivity contribution in [2.45, 2.75) is 13.8 Å². The van der Waals surface area contributed by atoms with Gasteiger partial charge in [0.2, 0.25) is 0 Å². The zero-order chi connectivity index (χ0) is 15.0. The van der Waals surface area contributed by atoms with Gasteiger partial charge in [0, 0.05) is 13.1 Å². The predicted molar refractivity (Wildman–Crippen MR) is 72.7 cm³/mol. The number of anilines is 1. The van der Waals surface area contributed by atoms with Gasteiger partial charge in [0.25, 0.3) is 0 Å². The summed E-state index contributed by atoms with van der Waals surface area (Å²) in [5.41, 5.74) is 0.175. The maximum Gasteiger partial charge on any atom is 0.314 e. The lowest BCUT2D eigenvalue weighted by Crippen LogP contribution is -2.40. The number of nitrogens with one attached hydrogen (secondary N) is 3. The minimum absolute atomic E-state index is 0.122. The zero-order valence-electron chi connectivity index (χ0n) is 11.6. The van der Waals surface area contributed by atoms with Crippen molar-refractivity contribution in [3.05, 3.63) is 11.8 Å². The Labute approximate surface area is 117 Å². The first kappa shape index (κ1) is 15.7. The molecule has 0 radical (unpaired) electrons. The Morgan fingerprint density at radius 3 is 2.70 bits per heavy atom. The molecule has 20 heavy (non-hydrogen) atoms. The molecule has 108 valence electrons. The Morgan fingerprint density at radius 1 is 1.40 bits per heavy atom. The van der Waals surface area contributed by atoms with Crippen LogP contribution in [0.25, 0.3) is 0 Å². The molecule has 0 spiro atoms. The summed E-state index contributed by atoms with van der Waals surface area (Å²) in [4.78, 5) is 25.3. The molecule has 2 amide bonds. The third kappa shape index (κ3) is 4.37. The second-order valence-corrected chi connectivity index (χ2v) is 4.01. The molecule has 0 bridgehead atoms. The van der Waals surface area contributed by atoms with Crippen molar-refractivity contribution in [1.29, 1.82) is 5.26 Å². The molecule has 3 N–H and O–H groups in total. The lowest BCUT2D eigenvalue weighted by Gasteiger charge is -2.17. The van der Waals surface area contributed by atoms with Crippen molar-refractivity contribution in [1.82, 2.24) is 20.4 Å². The van der Waals surface area contributed by atoms with E-state index in [1.165, 1.54) is 6.20 Å². The largest absolute Gasteiger partial charge is 0.347 e. The number of nitriles is 1. The van der Waals surface area contributed by atoms with Crippen LogP contribution in [-0.2, 0) is 9.59 Å². The van der Waals surface area contributed by atoms with E-state index in [4.69, 9.17) is 5.26 Å². The first-order valence-corrected chi connectivity index (χ1v) is 6.37. The van der Waals surface area contributed by atoms with Gasteiger partial charge in [-0.15, -0.1) is 0 Å². The van der Waals surface area contributed by atoms with Gasteiger partial charge in [0.05, 0.1) is 6.20 Å². The quantitative estimate of drug-likeness (QED) is 0.617. The summed E-state index contributed by atoms with van der Waals surface area (Å²) in [5, 5.41) is 19.6. The van der Waals surface area contributed by atoms with Gasteiger partial charge >= 0.3 is 11.8 Å². The van der Waals surface area contributed by atoms with Crippen molar-refractivity contribution >= 4 is 17.6 Å². The fourth-order valence-electron chi connectivity index (χ4n) is 1.58. The molecule has 1 aromatic heterocycles. The molecule has 0 aliphatic heterocycles. The predicted octanol–water partition coefficient (Wildman–Crippen LogP) is -0.322. The third-order valence-corrected chi connectivity index (χ3v) is 2.81. The maximum absolute atomic E-state index is 11.6. The van der Waals surface area contributed by atoms with Crippen LogP contribution >= 0.6 is 0 Å². The molecule has 1 heterocycles. The average molecular weight is 278 g/mol. The van der Waals surface area contributed by atoms with Gasteiger partial charge in [0.15, 0.2) is 0 Å². The molecule has 0 atom stereocenters. The van der Waals surface area contributed by atoms with Gasteiger partial charge < -0.3 is 15.5 Å². The van der Waals surface area contributed by atoms with E-state index in [1.807, 2.05) is 19.9 Å². The highest BCUT2D eigenvalue weighted by molar-refractivity contribution is 6.39. The SMILES string of the molecule is CCN(CC)CCNC(=O)C(=O)Nc1[nH]ncc1C#N. The number of carbonyl (C=O) groups excluding carboxylic acids is 2. The van der Waals surface area contributed by atoms with Crippen LogP contribution < -0.4 is 10.6 Å². The first-order chi connectivity index (χ1) is 9.62. The van der Waals surface area contributed by atoms with Crippen LogP contribution in [0.2, 0.25) is 0 Å². The van der Waals surface area contributed by atoms with Crippen LogP contribution in [0, 0.1) is 11.3 Å². The normalized spacial score (nSPS) is 10.1. The monoisotopic (exact) mass is 278 g/mol. The molecule has 0 unspecified atom stereocenters. The van der Waals surface area contributed by atoms with E-state index >= 15 is 0 Å². The van der Waals surface area contributed by atoms with Crippen LogP contribution in [0.5, 0.6) is 0 Å². The number of carbonyl (C=O) groups is 2. The fraction of sp³-hybridized carbons (Fsp3) is 0.500. The molecule has 8 heteroatoms. The van der Waals surface area contributed by atoms with Crippen LogP contribution in [0.1, 0.15) is 19.4 Å². The standard InChI is InChI=1S/C12H18N6O2/c1-3-18(4-2)6-5-14-11(19)12(20)16-10-9(7-13)8-15-17-10/h8H,3-6H2,1-2H3,(H,14,19)(H2,15,16,17,20). The Balaban J connectivity index is 2.40. The summed E-state index contributed by atoms with van der Waals surface area (Å²) in [5.74, 6) is -1.45. The van der Waals surface area contributed by atoms with Crippen molar-refractivity contribution in [3.63, 3.8) is 0 Å².